The molecule has 1 fully saturated rings. The van der Waals surface area contributed by atoms with Crippen molar-refractivity contribution in [3.05, 3.63) is 33.9 Å². The fourth-order valence-corrected chi connectivity index (χ4v) is 2.59. The Labute approximate surface area is 125 Å². The second-order valence-corrected chi connectivity index (χ2v) is 5.05. The van der Waals surface area contributed by atoms with Crippen molar-refractivity contribution < 1.29 is 23.2 Å². The van der Waals surface area contributed by atoms with Crippen LogP contribution >= 0.6 is 0 Å². The summed E-state index contributed by atoms with van der Waals surface area (Å²) in [6, 6.07) is 1.37. The van der Waals surface area contributed by atoms with Gasteiger partial charge in [-0.15, -0.1) is 0 Å². The molecule has 1 aliphatic rings. The summed E-state index contributed by atoms with van der Waals surface area (Å²) in [5.41, 5.74) is -0.975. The van der Waals surface area contributed by atoms with E-state index in [-0.39, 0.29) is 18.8 Å². The van der Waals surface area contributed by atoms with Crippen LogP contribution in [0.1, 0.15) is 19.8 Å². The Kier molecular flexibility index (Phi) is 4.89. The topological polar surface area (TPSA) is 72.7 Å². The van der Waals surface area contributed by atoms with Crippen molar-refractivity contribution in [2.45, 2.75) is 19.8 Å². The van der Waals surface area contributed by atoms with Gasteiger partial charge >= 0.3 is 5.97 Å². The normalized spacial score (nSPS) is 18.1. The van der Waals surface area contributed by atoms with Gasteiger partial charge in [-0.2, -0.15) is 0 Å². The number of benzene rings is 1. The van der Waals surface area contributed by atoms with Gasteiger partial charge in [0, 0.05) is 13.1 Å². The Morgan fingerprint density at radius 2 is 2.09 bits per heavy atom. The van der Waals surface area contributed by atoms with E-state index in [1.54, 1.807) is 6.92 Å². The number of non-ortho nitro benzene ring substituents is 1. The number of esters is 1. The number of piperidine rings is 1. The summed E-state index contributed by atoms with van der Waals surface area (Å²) in [6.07, 6.45) is 1.17. The average Bonchev–Trinajstić information content (AvgIpc) is 2.47. The number of carbonyl (C=O) groups is 1. The molecule has 0 N–H and O–H groups in total. The molecule has 1 unspecified atom stereocenters. The molecule has 120 valence electrons. The molecular weight excluding hydrogens is 298 g/mol. The number of anilines is 1. The van der Waals surface area contributed by atoms with E-state index < -0.39 is 34.1 Å². The highest BCUT2D eigenvalue weighted by Crippen LogP contribution is 2.31. The number of halogens is 2. The quantitative estimate of drug-likeness (QED) is 0.485. The molecule has 1 aromatic carbocycles. The van der Waals surface area contributed by atoms with Crippen LogP contribution in [0.25, 0.3) is 0 Å². The molecule has 0 aromatic heterocycles. The van der Waals surface area contributed by atoms with Gasteiger partial charge in [0.2, 0.25) is 0 Å². The van der Waals surface area contributed by atoms with E-state index in [0.717, 1.165) is 0 Å². The third-order valence-corrected chi connectivity index (χ3v) is 3.57. The first-order valence-corrected chi connectivity index (χ1v) is 6.99. The van der Waals surface area contributed by atoms with Crippen LogP contribution in [-0.2, 0) is 9.53 Å². The van der Waals surface area contributed by atoms with Gasteiger partial charge in [-0.1, -0.05) is 0 Å². The van der Waals surface area contributed by atoms with Crippen molar-refractivity contribution in [3.63, 3.8) is 0 Å². The van der Waals surface area contributed by atoms with E-state index >= 15 is 0 Å². The molecule has 1 heterocycles. The van der Waals surface area contributed by atoms with E-state index in [9.17, 15) is 23.7 Å². The first kappa shape index (κ1) is 16.1. The molecule has 22 heavy (non-hydrogen) atoms. The van der Waals surface area contributed by atoms with Crippen LogP contribution in [0.15, 0.2) is 12.1 Å². The van der Waals surface area contributed by atoms with Crippen LogP contribution in [0.5, 0.6) is 0 Å². The highest BCUT2D eigenvalue weighted by Gasteiger charge is 2.30. The first-order chi connectivity index (χ1) is 10.4. The number of hydrogen-bond acceptors (Lipinski definition) is 5. The maximum Gasteiger partial charge on any atom is 0.310 e. The fourth-order valence-electron chi connectivity index (χ4n) is 2.59. The molecule has 1 aliphatic heterocycles. The Morgan fingerprint density at radius 1 is 1.45 bits per heavy atom. The molecule has 8 heteroatoms. The summed E-state index contributed by atoms with van der Waals surface area (Å²) < 4.78 is 33.0. The first-order valence-electron chi connectivity index (χ1n) is 6.99. The Balaban J connectivity index is 2.24. The third-order valence-electron chi connectivity index (χ3n) is 3.57. The molecule has 1 saturated heterocycles. The minimum absolute atomic E-state index is 0.129. The van der Waals surface area contributed by atoms with E-state index in [1.807, 2.05) is 0 Å². The lowest BCUT2D eigenvalue weighted by Crippen LogP contribution is -2.40. The number of nitro groups is 1. The van der Waals surface area contributed by atoms with Gasteiger partial charge in [0.05, 0.1) is 29.6 Å². The number of hydrogen-bond donors (Lipinski definition) is 0. The molecule has 1 aromatic rings. The van der Waals surface area contributed by atoms with Gasteiger partial charge in [-0.05, 0) is 19.8 Å². The minimum atomic E-state index is -1.00. The summed E-state index contributed by atoms with van der Waals surface area (Å²) >= 11 is 0. The zero-order valence-electron chi connectivity index (χ0n) is 12.1. The zero-order chi connectivity index (χ0) is 16.3. The van der Waals surface area contributed by atoms with Gasteiger partial charge in [-0.25, -0.2) is 8.78 Å². The molecule has 1 atom stereocenters. The smallest absolute Gasteiger partial charge is 0.310 e. The molecule has 0 amide bonds. The summed E-state index contributed by atoms with van der Waals surface area (Å²) in [5, 5.41) is 10.6. The highest BCUT2D eigenvalue weighted by molar-refractivity contribution is 5.73. The highest BCUT2D eigenvalue weighted by atomic mass is 19.1. The van der Waals surface area contributed by atoms with E-state index in [0.29, 0.717) is 31.5 Å². The maximum absolute atomic E-state index is 14.0. The lowest BCUT2D eigenvalue weighted by atomic mass is 9.97. The number of carbonyl (C=O) groups excluding carboxylic acids is 1. The largest absolute Gasteiger partial charge is 0.466 e. The molecular formula is C14H16F2N2O4. The van der Waals surface area contributed by atoms with Crippen LogP contribution in [-0.4, -0.2) is 30.6 Å². The Bertz CT molecular complexity index is 571. The van der Waals surface area contributed by atoms with Crippen LogP contribution in [0, 0.1) is 27.7 Å². The van der Waals surface area contributed by atoms with Gasteiger partial charge in [0.1, 0.15) is 5.69 Å². The van der Waals surface area contributed by atoms with Crippen LogP contribution in [0.4, 0.5) is 20.2 Å². The predicted octanol–water partition coefficient (Wildman–Crippen LogP) is 2.65. The summed E-state index contributed by atoms with van der Waals surface area (Å²) in [5.74, 6) is -2.86. The van der Waals surface area contributed by atoms with Crippen LogP contribution in [0.2, 0.25) is 0 Å². The van der Waals surface area contributed by atoms with Crippen LogP contribution < -0.4 is 4.90 Å². The molecule has 2 rings (SSSR count). The second kappa shape index (κ2) is 6.67. The van der Waals surface area contributed by atoms with Crippen molar-refractivity contribution in [1.82, 2.24) is 0 Å². The Hall–Kier alpha value is -2.25. The standard InChI is InChI=1S/C14H16F2N2O4/c1-2-22-14(19)9-4-3-5-17(8-9)13-11(15)6-10(18(20)21)7-12(13)16/h6-7,9H,2-5,8H2,1H3. The number of nitro benzene ring substituents is 1. The minimum Gasteiger partial charge on any atom is -0.466 e. The molecule has 6 nitrogen and oxygen atoms in total. The van der Waals surface area contributed by atoms with E-state index in [4.69, 9.17) is 4.74 Å². The molecule has 0 bridgehead atoms. The molecule has 0 saturated carbocycles. The van der Waals surface area contributed by atoms with Crippen molar-refractivity contribution in [2.75, 3.05) is 24.6 Å². The molecule has 0 radical (unpaired) electrons. The summed E-state index contributed by atoms with van der Waals surface area (Å²) in [4.78, 5) is 22.9. The predicted molar refractivity (Wildman–Crippen MR) is 74.6 cm³/mol. The lowest BCUT2D eigenvalue weighted by Gasteiger charge is -2.33. The SMILES string of the molecule is CCOC(=O)C1CCCN(c2c(F)cc([N+](=O)[O-])cc2F)C1. The van der Waals surface area contributed by atoms with E-state index in [1.165, 1.54) is 4.90 Å². The van der Waals surface area contributed by atoms with Crippen molar-refractivity contribution in [2.24, 2.45) is 5.92 Å². The number of rotatable bonds is 4. The molecule has 0 spiro atoms. The summed E-state index contributed by atoms with van der Waals surface area (Å²) in [6.45, 7) is 2.44. The van der Waals surface area contributed by atoms with Gasteiger partial charge < -0.3 is 9.64 Å². The Morgan fingerprint density at radius 3 is 2.64 bits per heavy atom. The average molecular weight is 314 g/mol. The van der Waals surface area contributed by atoms with Crippen LogP contribution in [0.3, 0.4) is 0 Å². The van der Waals surface area contributed by atoms with Crippen molar-refractivity contribution >= 4 is 17.3 Å². The van der Waals surface area contributed by atoms with E-state index in [2.05, 4.69) is 0 Å². The maximum atomic E-state index is 14.0. The van der Waals surface area contributed by atoms with Gasteiger partial charge in [0.15, 0.2) is 11.6 Å². The lowest BCUT2D eigenvalue weighted by molar-refractivity contribution is -0.385. The third kappa shape index (κ3) is 3.32. The van der Waals surface area contributed by atoms with Gasteiger partial charge in [0.25, 0.3) is 5.69 Å². The number of nitrogens with zero attached hydrogens (tertiary/aromatic N) is 2. The van der Waals surface area contributed by atoms with Crippen molar-refractivity contribution in [3.8, 4) is 0 Å². The summed E-state index contributed by atoms with van der Waals surface area (Å²) in [7, 11) is 0. The fraction of sp³-hybridized carbons (Fsp3) is 0.500. The van der Waals surface area contributed by atoms with Gasteiger partial charge in [-0.3, -0.25) is 14.9 Å². The number of ether oxygens (including phenoxy) is 1. The second-order valence-electron chi connectivity index (χ2n) is 5.05. The van der Waals surface area contributed by atoms with Crippen molar-refractivity contribution in [1.29, 1.82) is 0 Å². The molecule has 0 aliphatic carbocycles. The monoisotopic (exact) mass is 314 g/mol. The zero-order valence-corrected chi connectivity index (χ0v) is 12.1.